The van der Waals surface area contributed by atoms with Crippen LogP contribution in [-0.2, 0) is 35.0 Å². The highest BCUT2D eigenvalue weighted by Gasteiger charge is 2.50. The summed E-state index contributed by atoms with van der Waals surface area (Å²) in [5.41, 5.74) is 4.00. The molecule has 3 aromatic rings. The molecule has 4 heterocycles. The van der Waals surface area contributed by atoms with E-state index in [0.717, 1.165) is 17.7 Å². The third-order valence-corrected chi connectivity index (χ3v) is 8.98. The lowest BCUT2D eigenvalue weighted by Gasteiger charge is -2.32. The van der Waals surface area contributed by atoms with E-state index in [-0.39, 0.29) is 16.4 Å². The SMILES string of the molecule is CC(=O)O[C@@H]1[C@H](OC(C)=O)[C@@H](CCl)O[C@H]1n1cnc2c(NN3CCC([S+]([O-])c4ccccc4)CC3)nc(Cl)nc21. The molecule has 214 valence electrons. The molecule has 1 aromatic carbocycles. The van der Waals surface area contributed by atoms with Gasteiger partial charge in [-0.1, -0.05) is 18.2 Å². The molecule has 2 saturated heterocycles. The molecule has 12 nitrogen and oxygen atoms in total. The van der Waals surface area contributed by atoms with Crippen LogP contribution >= 0.6 is 23.2 Å². The normalized spacial score (nSPS) is 24.6. The van der Waals surface area contributed by atoms with E-state index in [2.05, 4.69) is 20.4 Å². The number of ether oxygens (including phenoxy) is 3. The predicted molar refractivity (Wildman–Crippen MR) is 147 cm³/mol. The van der Waals surface area contributed by atoms with Crippen LogP contribution in [0.3, 0.4) is 0 Å². The number of hydrazine groups is 1. The molecule has 0 radical (unpaired) electrons. The van der Waals surface area contributed by atoms with Gasteiger partial charge in [0.2, 0.25) is 5.28 Å². The second-order valence-corrected chi connectivity index (χ2v) is 11.8. The molecule has 15 heteroatoms. The van der Waals surface area contributed by atoms with Crippen molar-refractivity contribution in [2.75, 3.05) is 24.4 Å². The van der Waals surface area contributed by atoms with Gasteiger partial charge in [-0.15, -0.1) is 11.6 Å². The Balaban J connectivity index is 1.36. The lowest BCUT2D eigenvalue weighted by Crippen LogP contribution is -2.42. The number of benzene rings is 1. The first-order chi connectivity index (χ1) is 19.2. The molecule has 1 N–H and O–H groups in total. The summed E-state index contributed by atoms with van der Waals surface area (Å²) in [5.74, 6) is -0.775. The van der Waals surface area contributed by atoms with Gasteiger partial charge in [0.15, 0.2) is 40.3 Å². The van der Waals surface area contributed by atoms with Crippen LogP contribution in [-0.4, -0.2) is 83.6 Å². The number of nitrogens with zero attached hydrogens (tertiary/aromatic N) is 5. The van der Waals surface area contributed by atoms with Gasteiger partial charge in [0, 0.05) is 39.8 Å². The molecule has 2 fully saturated rings. The summed E-state index contributed by atoms with van der Waals surface area (Å²) in [6.45, 7) is 3.77. The first kappa shape index (κ1) is 28.8. The van der Waals surface area contributed by atoms with E-state index in [1.165, 1.54) is 20.2 Å². The van der Waals surface area contributed by atoms with E-state index < -0.39 is 47.7 Å². The summed E-state index contributed by atoms with van der Waals surface area (Å²) in [6, 6.07) is 9.47. The van der Waals surface area contributed by atoms with Gasteiger partial charge in [-0.3, -0.25) is 14.2 Å². The predicted octanol–water partition coefficient (Wildman–Crippen LogP) is 3.08. The number of imidazole rings is 1. The van der Waals surface area contributed by atoms with Crippen LogP contribution in [0.4, 0.5) is 5.82 Å². The summed E-state index contributed by atoms with van der Waals surface area (Å²) in [7, 11) is 0. The third kappa shape index (κ3) is 6.14. The number of halogens is 2. The van der Waals surface area contributed by atoms with Gasteiger partial charge in [0.05, 0.1) is 12.2 Å². The molecule has 0 saturated carbocycles. The fraction of sp³-hybridized carbons (Fsp3) is 0.480. The largest absolute Gasteiger partial charge is 0.611 e. The molecule has 1 unspecified atom stereocenters. The number of alkyl halides is 1. The Morgan fingerprint density at radius 3 is 2.45 bits per heavy atom. The van der Waals surface area contributed by atoms with Crippen molar-refractivity contribution >= 4 is 63.3 Å². The molecule has 2 aliphatic rings. The monoisotopic (exact) mass is 610 g/mol. The van der Waals surface area contributed by atoms with Crippen LogP contribution in [0.25, 0.3) is 11.2 Å². The fourth-order valence-corrected chi connectivity index (χ4v) is 6.80. The molecule has 2 aromatic heterocycles. The lowest BCUT2D eigenvalue weighted by molar-refractivity contribution is -0.165. The number of aromatic nitrogens is 4. The maximum Gasteiger partial charge on any atom is 0.303 e. The number of piperidine rings is 1. The molecule has 2 aliphatic heterocycles. The average Bonchev–Trinajstić information content (AvgIpc) is 3.49. The Morgan fingerprint density at radius 2 is 1.80 bits per heavy atom. The van der Waals surface area contributed by atoms with Crippen molar-refractivity contribution in [2.45, 2.75) is 61.4 Å². The van der Waals surface area contributed by atoms with Gasteiger partial charge in [-0.05, 0) is 34.9 Å². The maximum atomic E-state index is 13.0. The van der Waals surface area contributed by atoms with Crippen molar-refractivity contribution in [1.29, 1.82) is 0 Å². The van der Waals surface area contributed by atoms with Gasteiger partial charge in [-0.2, -0.15) is 9.97 Å². The number of hydrogen-bond donors (Lipinski definition) is 1. The standard InChI is InChI=1S/C25H28Cl2N6O6S/c1-14(34)37-20-18(12-26)39-24(21(20)38-15(2)35)33-13-28-19-22(29-25(27)30-23(19)33)31-32-10-8-17(9-11-32)40(36)16-6-4-3-5-7-16/h3-7,13,17-18,20-21,24H,8-12H2,1-2H3,(H,29,30,31)/t18-,20-,21-,24-,40?/m1/s1. The minimum atomic E-state index is -1.08. The minimum Gasteiger partial charge on any atom is -0.611 e. The smallest absolute Gasteiger partial charge is 0.303 e. The van der Waals surface area contributed by atoms with Crippen molar-refractivity contribution in [3.05, 3.63) is 41.9 Å². The number of carbonyl (C=O) groups is 2. The summed E-state index contributed by atoms with van der Waals surface area (Å²) in [4.78, 5) is 37.7. The van der Waals surface area contributed by atoms with Crippen LogP contribution in [0.2, 0.25) is 5.28 Å². The van der Waals surface area contributed by atoms with Gasteiger partial charge in [0.25, 0.3) is 0 Å². The van der Waals surface area contributed by atoms with Crippen LogP contribution in [0.15, 0.2) is 41.6 Å². The van der Waals surface area contributed by atoms with Crippen LogP contribution < -0.4 is 5.43 Å². The van der Waals surface area contributed by atoms with E-state index in [1.807, 2.05) is 35.3 Å². The Labute approximate surface area is 243 Å². The number of anilines is 1. The summed E-state index contributed by atoms with van der Waals surface area (Å²) < 4.78 is 31.5. The minimum absolute atomic E-state index is 0.00754. The highest BCUT2D eigenvalue weighted by atomic mass is 35.5. The van der Waals surface area contributed by atoms with Crippen LogP contribution in [0.5, 0.6) is 0 Å². The molecule has 5 atom stereocenters. The summed E-state index contributed by atoms with van der Waals surface area (Å²) in [6.07, 6.45) is -0.695. The number of rotatable bonds is 8. The average molecular weight is 612 g/mol. The summed E-state index contributed by atoms with van der Waals surface area (Å²) >= 11 is 11.3. The number of nitrogens with one attached hydrogen (secondary N) is 1. The van der Waals surface area contributed by atoms with Crippen LogP contribution in [0.1, 0.15) is 32.9 Å². The van der Waals surface area contributed by atoms with E-state index in [1.54, 1.807) is 4.57 Å². The van der Waals surface area contributed by atoms with Gasteiger partial charge in [0.1, 0.15) is 11.4 Å². The lowest BCUT2D eigenvalue weighted by atomic mass is 10.1. The van der Waals surface area contributed by atoms with Crippen molar-refractivity contribution in [1.82, 2.24) is 24.5 Å². The number of esters is 2. The Kier molecular flexibility index (Phi) is 8.98. The fourth-order valence-electron chi connectivity index (χ4n) is 4.94. The Bertz CT molecular complexity index is 1360. The quantitative estimate of drug-likeness (QED) is 0.174. The maximum absolute atomic E-state index is 13.0. The van der Waals surface area contributed by atoms with E-state index in [9.17, 15) is 14.1 Å². The summed E-state index contributed by atoms with van der Waals surface area (Å²) in [5, 5.41) is 1.99. The second kappa shape index (κ2) is 12.5. The number of fused-ring (bicyclic) bond motifs is 1. The highest BCUT2D eigenvalue weighted by Crippen LogP contribution is 2.37. The zero-order valence-corrected chi connectivity index (χ0v) is 24.1. The zero-order valence-electron chi connectivity index (χ0n) is 21.7. The van der Waals surface area contributed by atoms with E-state index in [0.29, 0.717) is 30.1 Å². The number of hydrogen-bond acceptors (Lipinski definition) is 11. The van der Waals surface area contributed by atoms with Crippen molar-refractivity contribution in [3.63, 3.8) is 0 Å². The molecule has 40 heavy (non-hydrogen) atoms. The molecule has 0 aliphatic carbocycles. The molecule has 5 rings (SSSR count). The second-order valence-electron chi connectivity index (χ2n) is 9.44. The van der Waals surface area contributed by atoms with Gasteiger partial charge >= 0.3 is 11.9 Å². The molecular weight excluding hydrogens is 583 g/mol. The third-order valence-electron chi connectivity index (χ3n) is 6.69. The molecule has 0 amide bonds. The van der Waals surface area contributed by atoms with Gasteiger partial charge < -0.3 is 24.2 Å². The van der Waals surface area contributed by atoms with Crippen molar-refractivity contribution in [3.8, 4) is 0 Å². The van der Waals surface area contributed by atoms with Crippen molar-refractivity contribution in [2.24, 2.45) is 0 Å². The Morgan fingerprint density at radius 1 is 1.12 bits per heavy atom. The molecule has 0 bridgehead atoms. The van der Waals surface area contributed by atoms with Crippen LogP contribution in [0, 0.1) is 0 Å². The highest BCUT2D eigenvalue weighted by molar-refractivity contribution is 7.92. The zero-order chi connectivity index (χ0) is 28.4. The number of carbonyl (C=O) groups excluding carboxylic acids is 2. The topological polar surface area (TPSA) is 144 Å². The van der Waals surface area contributed by atoms with E-state index in [4.69, 9.17) is 37.4 Å². The van der Waals surface area contributed by atoms with Gasteiger partial charge in [-0.25, -0.2) is 9.99 Å². The van der Waals surface area contributed by atoms with Crippen molar-refractivity contribution < 1.29 is 28.4 Å². The first-order valence-electron chi connectivity index (χ1n) is 12.7. The Hall–Kier alpha value is -2.68. The molecule has 0 spiro atoms. The molecular formula is C25H28Cl2N6O6S. The first-order valence-corrected chi connectivity index (χ1v) is 14.8. The van der Waals surface area contributed by atoms with E-state index >= 15 is 0 Å².